The van der Waals surface area contributed by atoms with Gasteiger partial charge in [0.1, 0.15) is 12.3 Å². The summed E-state index contributed by atoms with van der Waals surface area (Å²) in [5.74, 6) is 0.178. The summed E-state index contributed by atoms with van der Waals surface area (Å²) >= 11 is 0. The molecule has 0 radical (unpaired) electrons. The van der Waals surface area contributed by atoms with Gasteiger partial charge < -0.3 is 10.1 Å². The van der Waals surface area contributed by atoms with E-state index in [0.29, 0.717) is 12.4 Å². The standard InChI is InChI=1S/C20H27N3O6S2/c1-5-29-18-8-6-7-16(13-18)14-21-20(24)15-23(30(4,25)26)17-9-11-19(12-10-17)31(27,28)22(2)3/h6-13H,5,14-15H2,1-4H3,(H,21,24). The second kappa shape index (κ2) is 10.1. The first-order valence-electron chi connectivity index (χ1n) is 9.44. The third-order valence-electron chi connectivity index (χ3n) is 4.29. The molecule has 2 aromatic carbocycles. The minimum absolute atomic E-state index is 0.0216. The summed E-state index contributed by atoms with van der Waals surface area (Å²) < 4.78 is 56.3. The van der Waals surface area contributed by atoms with Gasteiger partial charge in [-0.25, -0.2) is 21.1 Å². The first-order valence-corrected chi connectivity index (χ1v) is 12.7. The number of sulfonamides is 2. The van der Waals surface area contributed by atoms with E-state index >= 15 is 0 Å². The van der Waals surface area contributed by atoms with Crippen LogP contribution < -0.4 is 14.4 Å². The van der Waals surface area contributed by atoms with Gasteiger partial charge in [-0.3, -0.25) is 9.10 Å². The smallest absolute Gasteiger partial charge is 0.242 e. The molecule has 2 rings (SSSR count). The quantitative estimate of drug-likeness (QED) is 0.563. The van der Waals surface area contributed by atoms with Crippen LogP contribution in [0.4, 0.5) is 5.69 Å². The van der Waals surface area contributed by atoms with Gasteiger partial charge in [0.05, 0.1) is 23.4 Å². The van der Waals surface area contributed by atoms with Crippen molar-refractivity contribution in [2.24, 2.45) is 0 Å². The Bertz CT molecular complexity index is 1110. The van der Waals surface area contributed by atoms with Gasteiger partial charge in [0.25, 0.3) is 0 Å². The monoisotopic (exact) mass is 469 g/mol. The van der Waals surface area contributed by atoms with E-state index in [0.717, 1.165) is 20.4 Å². The maximum atomic E-state index is 12.4. The molecule has 11 heteroatoms. The largest absolute Gasteiger partial charge is 0.494 e. The summed E-state index contributed by atoms with van der Waals surface area (Å²) in [5, 5.41) is 2.69. The van der Waals surface area contributed by atoms with Crippen LogP contribution in [0.15, 0.2) is 53.4 Å². The molecule has 0 heterocycles. The summed E-state index contributed by atoms with van der Waals surface area (Å²) in [6.45, 7) is 2.16. The van der Waals surface area contributed by atoms with Crippen molar-refractivity contribution in [3.05, 3.63) is 54.1 Å². The molecule has 1 amide bonds. The summed E-state index contributed by atoms with van der Waals surface area (Å²) in [6, 6.07) is 12.6. The topological polar surface area (TPSA) is 113 Å². The lowest BCUT2D eigenvalue weighted by molar-refractivity contribution is -0.119. The zero-order chi connectivity index (χ0) is 23.2. The van der Waals surface area contributed by atoms with Crippen LogP contribution in [0.1, 0.15) is 12.5 Å². The molecular formula is C20H27N3O6S2. The van der Waals surface area contributed by atoms with Crippen molar-refractivity contribution >= 4 is 31.6 Å². The van der Waals surface area contributed by atoms with Crippen molar-refractivity contribution in [1.29, 1.82) is 0 Å². The number of amides is 1. The van der Waals surface area contributed by atoms with Gasteiger partial charge >= 0.3 is 0 Å². The fraction of sp³-hybridized carbons (Fsp3) is 0.350. The van der Waals surface area contributed by atoms with Crippen molar-refractivity contribution in [2.45, 2.75) is 18.4 Å². The fourth-order valence-electron chi connectivity index (χ4n) is 2.69. The molecule has 0 spiro atoms. The maximum absolute atomic E-state index is 12.4. The Labute approximate surface area is 183 Å². The number of carbonyl (C=O) groups excluding carboxylic acids is 1. The van der Waals surface area contributed by atoms with Gasteiger partial charge in [-0.15, -0.1) is 0 Å². The number of nitrogens with one attached hydrogen (secondary N) is 1. The highest BCUT2D eigenvalue weighted by Crippen LogP contribution is 2.21. The first-order chi connectivity index (χ1) is 14.4. The van der Waals surface area contributed by atoms with E-state index in [9.17, 15) is 21.6 Å². The molecule has 31 heavy (non-hydrogen) atoms. The van der Waals surface area contributed by atoms with Crippen molar-refractivity contribution in [3.8, 4) is 5.75 Å². The SMILES string of the molecule is CCOc1cccc(CNC(=O)CN(c2ccc(S(=O)(=O)N(C)C)cc2)S(C)(=O)=O)c1. The summed E-state index contributed by atoms with van der Waals surface area (Å²) in [7, 11) is -4.62. The average molecular weight is 470 g/mol. The van der Waals surface area contributed by atoms with Gasteiger partial charge in [0, 0.05) is 20.6 Å². The lowest BCUT2D eigenvalue weighted by atomic mass is 10.2. The molecule has 0 unspecified atom stereocenters. The van der Waals surface area contributed by atoms with Gasteiger partial charge in [-0.2, -0.15) is 0 Å². The third kappa shape index (κ3) is 6.68. The predicted molar refractivity (Wildman–Crippen MR) is 119 cm³/mol. The Morgan fingerprint density at radius 3 is 2.23 bits per heavy atom. The normalized spacial score (nSPS) is 11.9. The van der Waals surface area contributed by atoms with Crippen molar-refractivity contribution in [3.63, 3.8) is 0 Å². The highest BCUT2D eigenvalue weighted by molar-refractivity contribution is 7.92. The van der Waals surface area contributed by atoms with Crippen molar-refractivity contribution in [1.82, 2.24) is 9.62 Å². The predicted octanol–water partition coefficient (Wildman–Crippen LogP) is 1.42. The second-order valence-corrected chi connectivity index (χ2v) is 11.0. The molecule has 170 valence electrons. The van der Waals surface area contributed by atoms with Crippen LogP contribution in [0.2, 0.25) is 0 Å². The number of benzene rings is 2. The molecule has 0 aliphatic heterocycles. The van der Waals surface area contributed by atoms with Gasteiger partial charge in [0.2, 0.25) is 26.0 Å². The summed E-state index contributed by atoms with van der Waals surface area (Å²) in [4.78, 5) is 12.4. The van der Waals surface area contributed by atoms with E-state index in [1.807, 2.05) is 13.0 Å². The lowest BCUT2D eigenvalue weighted by Gasteiger charge is -2.22. The molecule has 1 N–H and O–H groups in total. The molecule has 0 aromatic heterocycles. The summed E-state index contributed by atoms with van der Waals surface area (Å²) in [6.07, 6.45) is 0.982. The molecule has 9 nitrogen and oxygen atoms in total. The Morgan fingerprint density at radius 2 is 1.68 bits per heavy atom. The van der Waals surface area contributed by atoms with Crippen LogP contribution >= 0.6 is 0 Å². The van der Waals surface area contributed by atoms with Crippen LogP contribution in [-0.2, 0) is 31.4 Å². The van der Waals surface area contributed by atoms with E-state index in [1.165, 1.54) is 38.4 Å². The number of hydrogen-bond acceptors (Lipinski definition) is 6. The fourth-order valence-corrected chi connectivity index (χ4v) is 4.45. The highest BCUT2D eigenvalue weighted by Gasteiger charge is 2.22. The molecule has 0 saturated heterocycles. The molecule has 0 bridgehead atoms. The zero-order valence-corrected chi connectivity index (χ0v) is 19.5. The molecule has 2 aromatic rings. The van der Waals surface area contributed by atoms with Gasteiger partial charge in [-0.05, 0) is 48.9 Å². The van der Waals surface area contributed by atoms with E-state index < -0.39 is 32.5 Å². The molecule has 0 aliphatic carbocycles. The second-order valence-electron chi connectivity index (χ2n) is 6.91. The number of hydrogen-bond donors (Lipinski definition) is 1. The molecule has 0 atom stereocenters. The Balaban J connectivity index is 2.13. The number of nitrogens with zero attached hydrogens (tertiary/aromatic N) is 2. The van der Waals surface area contributed by atoms with Crippen LogP contribution in [0.5, 0.6) is 5.75 Å². The van der Waals surface area contributed by atoms with E-state index in [-0.39, 0.29) is 17.1 Å². The van der Waals surface area contributed by atoms with Crippen LogP contribution in [0, 0.1) is 0 Å². The number of carbonyl (C=O) groups is 1. The number of ether oxygens (including phenoxy) is 1. The summed E-state index contributed by atoms with van der Waals surface area (Å²) in [5.41, 5.74) is 0.997. The minimum atomic E-state index is -3.78. The van der Waals surface area contributed by atoms with E-state index in [2.05, 4.69) is 5.32 Å². The highest BCUT2D eigenvalue weighted by atomic mass is 32.2. The number of rotatable bonds is 10. The Morgan fingerprint density at radius 1 is 1.03 bits per heavy atom. The molecule has 0 aliphatic rings. The molecule has 0 saturated carbocycles. The van der Waals surface area contributed by atoms with E-state index in [4.69, 9.17) is 4.74 Å². The zero-order valence-electron chi connectivity index (χ0n) is 17.9. The van der Waals surface area contributed by atoms with Gasteiger partial charge in [0.15, 0.2) is 0 Å². The van der Waals surface area contributed by atoms with Crippen molar-refractivity contribution in [2.75, 3.05) is 37.8 Å². The molecular weight excluding hydrogens is 442 g/mol. The van der Waals surface area contributed by atoms with Gasteiger partial charge in [-0.1, -0.05) is 12.1 Å². The number of anilines is 1. The lowest BCUT2D eigenvalue weighted by Crippen LogP contribution is -2.40. The van der Waals surface area contributed by atoms with Crippen LogP contribution in [0.25, 0.3) is 0 Å². The maximum Gasteiger partial charge on any atom is 0.242 e. The van der Waals surface area contributed by atoms with Crippen LogP contribution in [0.3, 0.4) is 0 Å². The van der Waals surface area contributed by atoms with Crippen LogP contribution in [-0.4, -0.2) is 60.6 Å². The Hall–Kier alpha value is -2.63. The molecule has 0 fully saturated rings. The van der Waals surface area contributed by atoms with E-state index in [1.54, 1.807) is 18.2 Å². The third-order valence-corrected chi connectivity index (χ3v) is 7.26. The average Bonchev–Trinajstić information content (AvgIpc) is 2.70. The minimum Gasteiger partial charge on any atom is -0.494 e. The first kappa shape index (κ1) is 24.6. The Kier molecular flexibility index (Phi) is 8.04. The van der Waals surface area contributed by atoms with Crippen molar-refractivity contribution < 1.29 is 26.4 Å².